The summed E-state index contributed by atoms with van der Waals surface area (Å²) < 4.78 is 52.4. The standard InChI is InChI=1S/C28H31N3O6S2/c1-38(34,35)25-13-15-26(16-14-25)39(36,37)31(19-5-3-2-4-6-28(32)30-33)24-11-9-21(10-12-24)23-8-7-22-17-18-29-27(22)20-23/h7-18,20,29,33H,2-6,19H2,1H3,(H,30,32). The number of anilines is 1. The van der Waals surface area contributed by atoms with E-state index in [1.54, 1.807) is 17.6 Å². The highest BCUT2D eigenvalue weighted by Crippen LogP contribution is 2.29. The first-order valence-corrected chi connectivity index (χ1v) is 15.9. The molecule has 0 aliphatic rings. The average Bonchev–Trinajstić information content (AvgIpc) is 3.40. The number of benzene rings is 3. The Labute approximate surface area is 228 Å². The number of nitrogens with one attached hydrogen (secondary N) is 2. The van der Waals surface area contributed by atoms with Gasteiger partial charge in [0.15, 0.2) is 9.84 Å². The van der Waals surface area contributed by atoms with Crippen LogP contribution in [-0.4, -0.2) is 45.7 Å². The van der Waals surface area contributed by atoms with Crippen LogP contribution in [0.25, 0.3) is 22.0 Å². The number of fused-ring (bicyclic) bond motifs is 1. The Balaban J connectivity index is 1.57. The molecule has 4 aromatic rings. The molecule has 1 heterocycles. The van der Waals surface area contributed by atoms with Gasteiger partial charge in [-0.25, -0.2) is 22.3 Å². The quantitative estimate of drug-likeness (QED) is 0.126. The minimum atomic E-state index is -3.99. The molecule has 3 aromatic carbocycles. The Morgan fingerprint density at radius 3 is 2.13 bits per heavy atom. The maximum atomic E-state index is 13.7. The molecule has 0 unspecified atom stereocenters. The van der Waals surface area contributed by atoms with Crippen molar-refractivity contribution in [2.24, 2.45) is 0 Å². The lowest BCUT2D eigenvalue weighted by Crippen LogP contribution is -2.32. The summed E-state index contributed by atoms with van der Waals surface area (Å²) in [4.78, 5) is 14.4. The van der Waals surface area contributed by atoms with Crippen LogP contribution < -0.4 is 9.79 Å². The average molecular weight is 570 g/mol. The Kier molecular flexibility index (Phi) is 8.73. The predicted molar refractivity (Wildman–Crippen MR) is 151 cm³/mol. The minimum Gasteiger partial charge on any atom is -0.361 e. The normalized spacial score (nSPS) is 11.9. The van der Waals surface area contributed by atoms with Crippen LogP contribution in [0.2, 0.25) is 0 Å². The zero-order chi connectivity index (χ0) is 28.0. The van der Waals surface area contributed by atoms with Crippen LogP contribution in [-0.2, 0) is 24.7 Å². The van der Waals surface area contributed by atoms with E-state index in [1.165, 1.54) is 28.6 Å². The molecule has 0 spiro atoms. The number of H-pyrrole nitrogens is 1. The number of hydrogen-bond donors (Lipinski definition) is 3. The molecule has 4 rings (SSSR count). The van der Waals surface area contributed by atoms with Crippen molar-refractivity contribution in [2.45, 2.75) is 41.9 Å². The fourth-order valence-corrected chi connectivity index (χ4v) is 6.51. The first-order valence-electron chi connectivity index (χ1n) is 12.5. The summed E-state index contributed by atoms with van der Waals surface area (Å²) in [7, 11) is -7.45. The van der Waals surface area contributed by atoms with E-state index >= 15 is 0 Å². The minimum absolute atomic E-state index is 0.00390. The Bertz CT molecular complexity index is 1650. The summed E-state index contributed by atoms with van der Waals surface area (Å²) in [5, 5.41) is 9.72. The van der Waals surface area contributed by atoms with Crippen molar-refractivity contribution in [1.29, 1.82) is 0 Å². The van der Waals surface area contributed by atoms with E-state index in [1.807, 2.05) is 42.6 Å². The zero-order valence-corrected chi connectivity index (χ0v) is 23.1. The second-order valence-electron chi connectivity index (χ2n) is 9.35. The molecule has 0 atom stereocenters. The fraction of sp³-hybridized carbons (Fsp3) is 0.250. The third-order valence-corrected chi connectivity index (χ3v) is 9.49. The highest BCUT2D eigenvalue weighted by atomic mass is 32.2. The maximum Gasteiger partial charge on any atom is 0.264 e. The molecule has 1 aromatic heterocycles. The number of carbonyl (C=O) groups excluding carboxylic acids is 1. The van der Waals surface area contributed by atoms with Gasteiger partial charge in [0.25, 0.3) is 10.0 Å². The molecule has 0 aliphatic heterocycles. The van der Waals surface area contributed by atoms with Gasteiger partial charge in [-0.3, -0.25) is 14.3 Å². The van der Waals surface area contributed by atoms with Gasteiger partial charge in [0.05, 0.1) is 15.5 Å². The number of sulfone groups is 1. The molecule has 0 saturated carbocycles. The Morgan fingerprint density at radius 1 is 0.821 bits per heavy atom. The number of aromatic amines is 1. The van der Waals surface area contributed by atoms with Crippen LogP contribution in [0.3, 0.4) is 0 Å². The van der Waals surface area contributed by atoms with Crippen LogP contribution in [0, 0.1) is 0 Å². The van der Waals surface area contributed by atoms with Gasteiger partial charge in [-0.1, -0.05) is 37.1 Å². The predicted octanol–water partition coefficient (Wildman–Crippen LogP) is 4.89. The van der Waals surface area contributed by atoms with Gasteiger partial charge in [-0.15, -0.1) is 0 Å². The van der Waals surface area contributed by atoms with Gasteiger partial charge in [0, 0.05) is 30.9 Å². The number of amides is 1. The van der Waals surface area contributed by atoms with Gasteiger partial charge >= 0.3 is 0 Å². The van der Waals surface area contributed by atoms with Crippen molar-refractivity contribution in [1.82, 2.24) is 10.5 Å². The van der Waals surface area contributed by atoms with Crippen molar-refractivity contribution in [3.8, 4) is 11.1 Å². The summed E-state index contributed by atoms with van der Waals surface area (Å²) >= 11 is 0. The van der Waals surface area contributed by atoms with Gasteiger partial charge < -0.3 is 4.98 Å². The molecular formula is C28H31N3O6S2. The number of hydroxylamine groups is 1. The highest BCUT2D eigenvalue weighted by Gasteiger charge is 2.25. The molecule has 1 amide bonds. The SMILES string of the molecule is CS(=O)(=O)c1ccc(S(=O)(=O)N(CCCCCCC(=O)NO)c2ccc(-c3ccc4cc[nH]c4c3)cc2)cc1. The van der Waals surface area contributed by atoms with E-state index in [0.29, 0.717) is 31.4 Å². The summed E-state index contributed by atoms with van der Waals surface area (Å²) in [6, 6.07) is 20.6. The molecule has 206 valence electrons. The topological polar surface area (TPSA) is 137 Å². The number of hydrogen-bond acceptors (Lipinski definition) is 6. The summed E-state index contributed by atoms with van der Waals surface area (Å²) in [6.07, 6.45) is 5.66. The summed E-state index contributed by atoms with van der Waals surface area (Å²) in [5.41, 5.74) is 5.04. The lowest BCUT2D eigenvalue weighted by Gasteiger charge is -2.25. The first-order chi connectivity index (χ1) is 18.6. The number of nitrogens with zero attached hydrogens (tertiary/aromatic N) is 1. The molecule has 0 aliphatic carbocycles. The monoisotopic (exact) mass is 569 g/mol. The molecule has 39 heavy (non-hydrogen) atoms. The number of rotatable bonds is 12. The third kappa shape index (κ3) is 6.86. The molecule has 3 N–H and O–H groups in total. The third-order valence-electron chi connectivity index (χ3n) is 6.52. The number of sulfonamides is 1. The van der Waals surface area contributed by atoms with Crippen LogP contribution >= 0.6 is 0 Å². The van der Waals surface area contributed by atoms with Crippen LogP contribution in [0.4, 0.5) is 5.69 Å². The van der Waals surface area contributed by atoms with E-state index in [2.05, 4.69) is 4.98 Å². The Morgan fingerprint density at radius 2 is 1.46 bits per heavy atom. The van der Waals surface area contributed by atoms with E-state index < -0.39 is 25.8 Å². The van der Waals surface area contributed by atoms with Gasteiger partial charge in [0.1, 0.15) is 0 Å². The van der Waals surface area contributed by atoms with Crippen molar-refractivity contribution in [3.05, 3.63) is 79.0 Å². The number of aromatic nitrogens is 1. The van der Waals surface area contributed by atoms with E-state index in [4.69, 9.17) is 5.21 Å². The van der Waals surface area contributed by atoms with Gasteiger partial charge in [-0.05, 0) is 77.9 Å². The van der Waals surface area contributed by atoms with E-state index in [-0.39, 0.29) is 22.8 Å². The fourth-order valence-electron chi connectivity index (χ4n) is 4.37. The molecule has 0 bridgehead atoms. The molecule has 0 radical (unpaired) electrons. The largest absolute Gasteiger partial charge is 0.361 e. The number of unbranched alkanes of at least 4 members (excludes halogenated alkanes) is 3. The van der Waals surface area contributed by atoms with Crippen molar-refractivity contribution in [2.75, 3.05) is 17.1 Å². The van der Waals surface area contributed by atoms with Crippen LogP contribution in [0.1, 0.15) is 32.1 Å². The molecule has 9 nitrogen and oxygen atoms in total. The van der Waals surface area contributed by atoms with E-state index in [9.17, 15) is 21.6 Å². The molecular weight excluding hydrogens is 538 g/mol. The van der Waals surface area contributed by atoms with Crippen LogP contribution in [0.5, 0.6) is 0 Å². The summed E-state index contributed by atoms with van der Waals surface area (Å²) in [6.45, 7) is 0.205. The van der Waals surface area contributed by atoms with Crippen molar-refractivity contribution in [3.63, 3.8) is 0 Å². The molecule has 0 saturated heterocycles. The molecule has 11 heteroatoms. The lowest BCUT2D eigenvalue weighted by atomic mass is 10.0. The maximum absolute atomic E-state index is 13.7. The van der Waals surface area contributed by atoms with Gasteiger partial charge in [-0.2, -0.15) is 0 Å². The van der Waals surface area contributed by atoms with Gasteiger partial charge in [0.2, 0.25) is 5.91 Å². The van der Waals surface area contributed by atoms with Crippen molar-refractivity contribution < 1.29 is 26.8 Å². The Hall–Kier alpha value is -3.67. The second kappa shape index (κ2) is 12.0. The van der Waals surface area contributed by atoms with E-state index in [0.717, 1.165) is 28.3 Å². The highest BCUT2D eigenvalue weighted by molar-refractivity contribution is 7.93. The number of carbonyl (C=O) groups is 1. The smallest absolute Gasteiger partial charge is 0.264 e. The zero-order valence-electron chi connectivity index (χ0n) is 21.5. The van der Waals surface area contributed by atoms with Crippen LogP contribution in [0.15, 0.2) is 88.8 Å². The van der Waals surface area contributed by atoms with Crippen molar-refractivity contribution >= 4 is 42.4 Å². The first kappa shape index (κ1) is 28.3. The summed E-state index contributed by atoms with van der Waals surface area (Å²) in [5.74, 6) is -0.452. The second-order valence-corrected chi connectivity index (χ2v) is 13.2. The molecule has 0 fully saturated rings. The lowest BCUT2D eigenvalue weighted by molar-refractivity contribution is -0.129.